The lowest BCUT2D eigenvalue weighted by molar-refractivity contribution is 0.509. The number of thiophene rings is 1. The van der Waals surface area contributed by atoms with Crippen LogP contribution in [-0.4, -0.2) is 15.0 Å². The minimum atomic E-state index is -0.0149. The minimum Gasteiger partial charge on any atom is -0.306 e. The fourth-order valence-corrected chi connectivity index (χ4v) is 4.38. The van der Waals surface area contributed by atoms with Gasteiger partial charge in [-0.3, -0.25) is 9.78 Å². The van der Waals surface area contributed by atoms with Crippen LogP contribution in [-0.2, 0) is 12.8 Å². The fourth-order valence-electron chi connectivity index (χ4n) is 3.00. The summed E-state index contributed by atoms with van der Waals surface area (Å²) in [7, 11) is 0. The molecule has 0 aliphatic heterocycles. The summed E-state index contributed by atoms with van der Waals surface area (Å²) in [5.74, 6) is 1.32. The van der Waals surface area contributed by atoms with E-state index in [9.17, 15) is 4.79 Å². The van der Waals surface area contributed by atoms with Crippen molar-refractivity contribution in [1.29, 1.82) is 0 Å². The first-order valence-electron chi connectivity index (χ1n) is 7.17. The second kappa shape index (κ2) is 4.77. The van der Waals surface area contributed by atoms with Crippen LogP contribution in [0, 0.1) is 5.92 Å². The maximum Gasteiger partial charge on any atom is 0.260 e. The summed E-state index contributed by atoms with van der Waals surface area (Å²) in [6, 6.07) is 3.72. The van der Waals surface area contributed by atoms with Crippen molar-refractivity contribution < 1.29 is 0 Å². The Balaban J connectivity index is 1.94. The molecule has 0 radical (unpaired) electrons. The van der Waals surface area contributed by atoms with Crippen molar-refractivity contribution in [3.05, 3.63) is 45.3 Å². The van der Waals surface area contributed by atoms with Gasteiger partial charge in [-0.05, 0) is 42.9 Å². The van der Waals surface area contributed by atoms with E-state index in [0.717, 1.165) is 35.0 Å². The average molecular weight is 297 g/mol. The first-order valence-corrected chi connectivity index (χ1v) is 7.99. The van der Waals surface area contributed by atoms with E-state index in [1.165, 1.54) is 10.4 Å². The van der Waals surface area contributed by atoms with E-state index in [1.54, 1.807) is 23.7 Å². The highest BCUT2D eigenvalue weighted by Crippen LogP contribution is 2.36. The molecule has 1 N–H and O–H groups in total. The van der Waals surface area contributed by atoms with Crippen molar-refractivity contribution in [3.8, 4) is 11.4 Å². The predicted molar refractivity (Wildman–Crippen MR) is 84.7 cm³/mol. The molecular weight excluding hydrogens is 282 g/mol. The SMILES string of the molecule is CC1CCc2c(sc3nc(-c4ccncc4)[nH]c(=O)c23)C1. The zero-order valence-corrected chi connectivity index (χ0v) is 12.5. The number of hydrogen-bond acceptors (Lipinski definition) is 4. The summed E-state index contributed by atoms with van der Waals surface area (Å²) in [5.41, 5.74) is 2.10. The Hall–Kier alpha value is -2.01. The van der Waals surface area contributed by atoms with Crippen LogP contribution in [0.25, 0.3) is 21.6 Å². The summed E-state index contributed by atoms with van der Waals surface area (Å²) in [6.07, 6.45) is 6.64. The molecule has 4 nitrogen and oxygen atoms in total. The van der Waals surface area contributed by atoms with Crippen molar-refractivity contribution >= 4 is 21.6 Å². The third kappa shape index (κ3) is 2.08. The van der Waals surface area contributed by atoms with Gasteiger partial charge in [-0.1, -0.05) is 6.92 Å². The van der Waals surface area contributed by atoms with Crippen molar-refractivity contribution in [2.24, 2.45) is 5.92 Å². The highest BCUT2D eigenvalue weighted by Gasteiger charge is 2.23. The van der Waals surface area contributed by atoms with Crippen molar-refractivity contribution in [2.75, 3.05) is 0 Å². The molecule has 1 aliphatic carbocycles. The summed E-state index contributed by atoms with van der Waals surface area (Å²) >= 11 is 1.68. The van der Waals surface area contributed by atoms with Gasteiger partial charge >= 0.3 is 0 Å². The summed E-state index contributed by atoms with van der Waals surface area (Å²) in [4.78, 5) is 26.3. The van der Waals surface area contributed by atoms with Crippen molar-refractivity contribution in [3.63, 3.8) is 0 Å². The Morgan fingerprint density at radius 3 is 2.95 bits per heavy atom. The van der Waals surface area contributed by atoms with E-state index in [4.69, 9.17) is 0 Å². The van der Waals surface area contributed by atoms with Crippen LogP contribution >= 0.6 is 11.3 Å². The Kier molecular flexibility index (Phi) is 2.89. The first kappa shape index (κ1) is 12.7. The van der Waals surface area contributed by atoms with Gasteiger partial charge < -0.3 is 4.98 Å². The number of nitrogens with one attached hydrogen (secondary N) is 1. The van der Waals surface area contributed by atoms with E-state index in [2.05, 4.69) is 21.9 Å². The molecule has 1 aliphatic rings. The number of pyridine rings is 1. The smallest absolute Gasteiger partial charge is 0.260 e. The van der Waals surface area contributed by atoms with E-state index >= 15 is 0 Å². The maximum atomic E-state index is 12.5. The number of H-pyrrole nitrogens is 1. The second-order valence-corrected chi connectivity index (χ2v) is 6.77. The van der Waals surface area contributed by atoms with Gasteiger partial charge in [0, 0.05) is 22.8 Å². The molecular formula is C16H15N3OS. The summed E-state index contributed by atoms with van der Waals surface area (Å²) in [5, 5.41) is 0.805. The van der Waals surface area contributed by atoms with Crippen LogP contribution < -0.4 is 5.56 Å². The third-order valence-electron chi connectivity index (χ3n) is 4.12. The zero-order valence-electron chi connectivity index (χ0n) is 11.7. The monoisotopic (exact) mass is 297 g/mol. The quantitative estimate of drug-likeness (QED) is 0.750. The lowest BCUT2D eigenvalue weighted by atomic mass is 9.89. The normalized spacial score (nSPS) is 17.9. The van der Waals surface area contributed by atoms with Gasteiger partial charge in [-0.15, -0.1) is 11.3 Å². The topological polar surface area (TPSA) is 58.6 Å². The molecule has 106 valence electrons. The number of hydrogen-bond donors (Lipinski definition) is 1. The van der Waals surface area contributed by atoms with Crippen LogP contribution in [0.4, 0.5) is 0 Å². The van der Waals surface area contributed by atoms with Crippen LogP contribution in [0.1, 0.15) is 23.8 Å². The van der Waals surface area contributed by atoms with Crippen molar-refractivity contribution in [1.82, 2.24) is 15.0 Å². The number of nitrogens with zero attached hydrogens (tertiary/aromatic N) is 2. The average Bonchev–Trinajstić information content (AvgIpc) is 2.85. The zero-order chi connectivity index (χ0) is 14.4. The van der Waals surface area contributed by atoms with Gasteiger partial charge in [0.15, 0.2) is 0 Å². The first-order chi connectivity index (χ1) is 10.2. The molecule has 0 aromatic carbocycles. The highest BCUT2D eigenvalue weighted by atomic mass is 32.1. The lowest BCUT2D eigenvalue weighted by Crippen LogP contribution is -2.13. The summed E-state index contributed by atoms with van der Waals surface area (Å²) in [6.45, 7) is 2.27. The molecule has 5 heteroatoms. The van der Waals surface area contributed by atoms with E-state index in [1.807, 2.05) is 12.1 Å². The molecule has 0 fully saturated rings. The number of aromatic amines is 1. The molecule has 1 atom stereocenters. The molecule has 0 spiro atoms. The molecule has 0 bridgehead atoms. The Bertz CT molecular complexity index is 866. The van der Waals surface area contributed by atoms with E-state index < -0.39 is 0 Å². The third-order valence-corrected chi connectivity index (χ3v) is 5.27. The largest absolute Gasteiger partial charge is 0.306 e. The van der Waals surface area contributed by atoms with E-state index in [-0.39, 0.29) is 5.56 Å². The second-order valence-electron chi connectivity index (χ2n) is 5.68. The molecule has 0 saturated heterocycles. The number of aromatic nitrogens is 3. The van der Waals surface area contributed by atoms with E-state index in [0.29, 0.717) is 11.7 Å². The van der Waals surface area contributed by atoms with Gasteiger partial charge in [-0.25, -0.2) is 4.98 Å². The van der Waals surface area contributed by atoms with Gasteiger partial charge in [0.05, 0.1) is 5.39 Å². The minimum absolute atomic E-state index is 0.0149. The van der Waals surface area contributed by atoms with Crippen LogP contribution in [0.2, 0.25) is 0 Å². The summed E-state index contributed by atoms with van der Waals surface area (Å²) < 4.78 is 0. The molecule has 0 amide bonds. The molecule has 0 saturated carbocycles. The van der Waals surface area contributed by atoms with Crippen LogP contribution in [0.15, 0.2) is 29.3 Å². The lowest BCUT2D eigenvalue weighted by Gasteiger charge is -2.17. The highest BCUT2D eigenvalue weighted by molar-refractivity contribution is 7.18. The number of aryl methyl sites for hydroxylation is 1. The van der Waals surface area contributed by atoms with Gasteiger partial charge in [0.25, 0.3) is 5.56 Å². The Labute approximate surface area is 125 Å². The molecule has 21 heavy (non-hydrogen) atoms. The molecule has 3 heterocycles. The molecule has 1 unspecified atom stereocenters. The van der Waals surface area contributed by atoms with Crippen LogP contribution in [0.3, 0.4) is 0 Å². The number of rotatable bonds is 1. The predicted octanol–water partition coefficient (Wildman–Crippen LogP) is 3.17. The van der Waals surface area contributed by atoms with Gasteiger partial charge in [-0.2, -0.15) is 0 Å². The maximum absolute atomic E-state index is 12.5. The standard InChI is InChI=1S/C16H15N3OS/c1-9-2-3-11-12(8-9)21-16-13(11)15(20)18-14(19-16)10-4-6-17-7-5-10/h4-7,9H,2-3,8H2,1H3,(H,18,19,20). The Morgan fingerprint density at radius 1 is 1.33 bits per heavy atom. The van der Waals surface area contributed by atoms with Gasteiger partial charge in [0.2, 0.25) is 0 Å². The fraction of sp³-hybridized carbons (Fsp3) is 0.312. The molecule has 4 rings (SSSR count). The Morgan fingerprint density at radius 2 is 2.14 bits per heavy atom. The van der Waals surface area contributed by atoms with Gasteiger partial charge in [0.1, 0.15) is 10.7 Å². The van der Waals surface area contributed by atoms with Crippen LogP contribution in [0.5, 0.6) is 0 Å². The number of fused-ring (bicyclic) bond motifs is 3. The molecule has 3 aromatic rings. The van der Waals surface area contributed by atoms with Crippen molar-refractivity contribution in [2.45, 2.75) is 26.2 Å². The molecule has 3 aromatic heterocycles.